The van der Waals surface area contributed by atoms with Gasteiger partial charge in [0.05, 0.1) is 0 Å². The molecule has 3 aliphatic rings. The van der Waals surface area contributed by atoms with Gasteiger partial charge in [0.1, 0.15) is 18.3 Å². The van der Waals surface area contributed by atoms with Gasteiger partial charge in [-0.1, -0.05) is 42.5 Å². The number of rotatable bonds is 7. The molecule has 168 valence electrons. The summed E-state index contributed by atoms with van der Waals surface area (Å²) in [5, 5.41) is 11.9. The van der Waals surface area contributed by atoms with Crippen LogP contribution in [-0.4, -0.2) is 59.5 Å². The summed E-state index contributed by atoms with van der Waals surface area (Å²) in [6.07, 6.45) is 2.75. The maximum Gasteiger partial charge on any atom is 0.411 e. The standard InChI is InChI=1S/C25H28N2O5/c1-27-20-13-18(14-21(27)24-23(20)32-24)31-25(30)26-19-12-17(15-6-3-2-4-7-15)11-10-16(19)8-5-9-22(28)29/h2-4,6-7,10-12,18,20-21,23-24H,5,8-9,13-14H2,1H3,(H,26,30)(H,28,29)/t18?,20-,21-,23-,24+/m0/s1. The number of aryl methyl sites for hydroxylation is 1. The Labute approximate surface area is 187 Å². The van der Waals surface area contributed by atoms with Crippen LogP contribution in [0.5, 0.6) is 0 Å². The van der Waals surface area contributed by atoms with Crippen LogP contribution in [0.1, 0.15) is 31.2 Å². The van der Waals surface area contributed by atoms with Crippen LogP contribution in [0.3, 0.4) is 0 Å². The maximum atomic E-state index is 12.8. The van der Waals surface area contributed by atoms with Gasteiger partial charge in [-0.2, -0.15) is 0 Å². The number of anilines is 1. The normalized spacial score (nSPS) is 28.1. The molecule has 2 bridgehead atoms. The number of carboxylic acids is 1. The molecule has 3 fully saturated rings. The van der Waals surface area contributed by atoms with Crippen LogP contribution >= 0.6 is 0 Å². The molecule has 3 aliphatic heterocycles. The zero-order valence-corrected chi connectivity index (χ0v) is 18.1. The average Bonchev–Trinajstić information content (AvgIpc) is 3.53. The third kappa shape index (κ3) is 4.23. The molecule has 3 heterocycles. The van der Waals surface area contributed by atoms with E-state index in [0.717, 1.165) is 29.5 Å². The molecule has 1 unspecified atom stereocenters. The number of hydrogen-bond donors (Lipinski definition) is 2. The van der Waals surface area contributed by atoms with Gasteiger partial charge in [0.2, 0.25) is 0 Å². The summed E-state index contributed by atoms with van der Waals surface area (Å²) in [7, 11) is 2.12. The van der Waals surface area contributed by atoms with E-state index in [1.807, 2.05) is 48.5 Å². The number of likely N-dealkylation sites (N-methyl/N-ethyl adjacent to an activating group) is 1. The van der Waals surface area contributed by atoms with E-state index in [1.165, 1.54) is 0 Å². The van der Waals surface area contributed by atoms with Crippen LogP contribution in [0.2, 0.25) is 0 Å². The van der Waals surface area contributed by atoms with E-state index in [2.05, 4.69) is 17.3 Å². The third-order valence-electron chi connectivity index (χ3n) is 6.94. The summed E-state index contributed by atoms with van der Waals surface area (Å²) in [6.45, 7) is 0. The number of morpholine rings is 1. The molecule has 0 radical (unpaired) electrons. The molecular weight excluding hydrogens is 408 g/mol. The second-order valence-electron chi connectivity index (χ2n) is 8.97. The summed E-state index contributed by atoms with van der Waals surface area (Å²) in [4.78, 5) is 26.1. The summed E-state index contributed by atoms with van der Waals surface area (Å²) in [6, 6.07) is 16.5. The van der Waals surface area contributed by atoms with Crippen molar-refractivity contribution in [1.29, 1.82) is 0 Å². The molecule has 1 amide bonds. The number of carbonyl (C=O) groups is 2. The Hall–Kier alpha value is -2.90. The SMILES string of the molecule is CN1[C@H]2CC(OC(=O)Nc3cc(-c4ccccc4)ccc3CCCC(=O)O)C[C@H]1[C@H]1O[C@H]12. The number of piperidine rings is 1. The van der Waals surface area contributed by atoms with Crippen molar-refractivity contribution in [1.82, 2.24) is 4.90 Å². The molecular formula is C25H28N2O5. The predicted octanol–water partition coefficient (Wildman–Crippen LogP) is 3.92. The number of nitrogens with one attached hydrogen (secondary N) is 1. The zero-order chi connectivity index (χ0) is 22.2. The number of ether oxygens (including phenoxy) is 2. The molecule has 0 aliphatic carbocycles. The summed E-state index contributed by atoms with van der Waals surface area (Å²) < 4.78 is 11.5. The van der Waals surface area contributed by atoms with Crippen LogP contribution in [0.4, 0.5) is 10.5 Å². The molecule has 0 aromatic heterocycles. The second kappa shape index (κ2) is 8.56. The van der Waals surface area contributed by atoms with Crippen LogP contribution in [0.25, 0.3) is 11.1 Å². The molecule has 2 aromatic carbocycles. The second-order valence-corrected chi connectivity index (χ2v) is 8.97. The van der Waals surface area contributed by atoms with Crippen LogP contribution in [-0.2, 0) is 20.7 Å². The summed E-state index contributed by atoms with van der Waals surface area (Å²) in [5.74, 6) is -0.821. The van der Waals surface area contributed by atoms with Gasteiger partial charge in [0, 0.05) is 37.0 Å². The fraction of sp³-hybridized carbons (Fsp3) is 0.440. The first kappa shape index (κ1) is 21.0. The number of aliphatic carboxylic acids is 1. The van der Waals surface area contributed by atoms with Gasteiger partial charge in [-0.3, -0.25) is 15.0 Å². The van der Waals surface area contributed by atoms with Crippen molar-refractivity contribution in [3.05, 3.63) is 54.1 Å². The monoisotopic (exact) mass is 436 g/mol. The van der Waals surface area contributed by atoms with Gasteiger partial charge >= 0.3 is 12.1 Å². The minimum Gasteiger partial charge on any atom is -0.481 e. The number of hydrogen-bond acceptors (Lipinski definition) is 5. The minimum atomic E-state index is -0.821. The smallest absolute Gasteiger partial charge is 0.411 e. The highest BCUT2D eigenvalue weighted by atomic mass is 16.6. The van der Waals surface area contributed by atoms with Gasteiger partial charge in [-0.15, -0.1) is 0 Å². The molecule has 2 aromatic rings. The van der Waals surface area contributed by atoms with Crippen molar-refractivity contribution in [3.8, 4) is 11.1 Å². The molecule has 5 atom stereocenters. The van der Waals surface area contributed by atoms with E-state index in [0.29, 0.717) is 42.8 Å². The van der Waals surface area contributed by atoms with E-state index in [4.69, 9.17) is 14.6 Å². The molecule has 32 heavy (non-hydrogen) atoms. The number of nitrogens with zero attached hydrogens (tertiary/aromatic N) is 1. The van der Waals surface area contributed by atoms with Crippen LogP contribution < -0.4 is 5.32 Å². The molecule has 7 nitrogen and oxygen atoms in total. The number of amides is 1. The van der Waals surface area contributed by atoms with Crippen LogP contribution in [0.15, 0.2) is 48.5 Å². The van der Waals surface area contributed by atoms with Gasteiger partial charge < -0.3 is 14.6 Å². The van der Waals surface area contributed by atoms with Crippen LogP contribution in [0, 0.1) is 0 Å². The lowest BCUT2D eigenvalue weighted by atomic mass is 9.99. The first-order chi connectivity index (χ1) is 15.5. The topological polar surface area (TPSA) is 91.4 Å². The number of carboxylic acid groups (broad SMARTS) is 1. The Morgan fingerprint density at radius 2 is 1.81 bits per heavy atom. The van der Waals surface area contributed by atoms with E-state index in [-0.39, 0.29) is 12.5 Å². The highest BCUT2D eigenvalue weighted by molar-refractivity contribution is 5.87. The van der Waals surface area contributed by atoms with Crippen molar-refractivity contribution in [2.45, 2.75) is 62.5 Å². The Kier molecular flexibility index (Phi) is 5.61. The van der Waals surface area contributed by atoms with Crippen molar-refractivity contribution < 1.29 is 24.2 Å². The maximum absolute atomic E-state index is 12.8. The molecule has 3 saturated heterocycles. The molecule has 2 N–H and O–H groups in total. The van der Waals surface area contributed by atoms with Gasteiger partial charge in [0.15, 0.2) is 0 Å². The molecule has 0 spiro atoms. The highest BCUT2D eigenvalue weighted by Gasteiger charge is 2.62. The Balaban J connectivity index is 1.29. The highest BCUT2D eigenvalue weighted by Crippen LogP contribution is 2.48. The van der Waals surface area contributed by atoms with Crippen molar-refractivity contribution in [3.63, 3.8) is 0 Å². The average molecular weight is 437 g/mol. The minimum absolute atomic E-state index is 0.0904. The van der Waals surface area contributed by atoms with Crippen molar-refractivity contribution in [2.24, 2.45) is 0 Å². The molecule has 0 saturated carbocycles. The number of epoxide rings is 1. The summed E-state index contributed by atoms with van der Waals surface area (Å²) in [5.41, 5.74) is 3.61. The van der Waals surface area contributed by atoms with Gasteiger partial charge in [-0.25, -0.2) is 4.79 Å². The number of carbonyl (C=O) groups excluding carboxylic acids is 1. The van der Waals surface area contributed by atoms with Crippen molar-refractivity contribution in [2.75, 3.05) is 12.4 Å². The number of fused-ring (bicyclic) bond motifs is 5. The molecule has 5 rings (SSSR count). The quantitative estimate of drug-likeness (QED) is 0.640. The first-order valence-electron chi connectivity index (χ1n) is 11.2. The third-order valence-corrected chi connectivity index (χ3v) is 6.94. The Morgan fingerprint density at radius 3 is 2.50 bits per heavy atom. The molecule has 7 heteroatoms. The van der Waals surface area contributed by atoms with Gasteiger partial charge in [-0.05, 0) is 42.6 Å². The van der Waals surface area contributed by atoms with Crippen molar-refractivity contribution >= 4 is 17.7 Å². The first-order valence-corrected chi connectivity index (χ1v) is 11.2. The Morgan fingerprint density at radius 1 is 1.09 bits per heavy atom. The Bertz CT molecular complexity index is 993. The lowest BCUT2D eigenvalue weighted by molar-refractivity contribution is -0.137. The largest absolute Gasteiger partial charge is 0.481 e. The fourth-order valence-corrected chi connectivity index (χ4v) is 5.24. The van der Waals surface area contributed by atoms with E-state index < -0.39 is 12.1 Å². The van der Waals surface area contributed by atoms with E-state index >= 15 is 0 Å². The predicted molar refractivity (Wildman–Crippen MR) is 120 cm³/mol. The number of benzene rings is 2. The lowest BCUT2D eigenvalue weighted by Gasteiger charge is -2.37. The fourth-order valence-electron chi connectivity index (χ4n) is 5.24. The summed E-state index contributed by atoms with van der Waals surface area (Å²) >= 11 is 0. The zero-order valence-electron chi connectivity index (χ0n) is 18.1. The van der Waals surface area contributed by atoms with Gasteiger partial charge in [0.25, 0.3) is 0 Å². The van der Waals surface area contributed by atoms with E-state index in [1.54, 1.807) is 0 Å². The lowest BCUT2D eigenvalue weighted by Crippen LogP contribution is -2.48. The van der Waals surface area contributed by atoms with E-state index in [9.17, 15) is 9.59 Å².